The lowest BCUT2D eigenvalue weighted by molar-refractivity contribution is -0.141. The smallest absolute Gasteiger partial charge is 0.435 e. The number of alkyl halides is 3. The van der Waals surface area contributed by atoms with Gasteiger partial charge < -0.3 is 19.7 Å². The second-order valence-corrected chi connectivity index (χ2v) is 10.1. The van der Waals surface area contributed by atoms with Crippen LogP contribution in [0.1, 0.15) is 37.6 Å². The number of thiocarbonyl (C=S) groups is 1. The van der Waals surface area contributed by atoms with E-state index in [9.17, 15) is 22.8 Å². The average Bonchev–Trinajstić information content (AvgIpc) is 3.45. The number of amides is 2. The molecule has 1 aliphatic heterocycles. The molecule has 42 heavy (non-hydrogen) atoms. The molecule has 9 nitrogen and oxygen atoms in total. The Hall–Kier alpha value is -4.13. The van der Waals surface area contributed by atoms with E-state index in [2.05, 4.69) is 10.4 Å². The topological polar surface area (TPSA) is 88.9 Å². The Morgan fingerprint density at radius 3 is 2.33 bits per heavy atom. The number of rotatable bonds is 12. The molecule has 1 aromatic heterocycles. The van der Waals surface area contributed by atoms with Crippen molar-refractivity contribution in [2.75, 3.05) is 30.5 Å². The van der Waals surface area contributed by atoms with Crippen molar-refractivity contribution in [3.05, 3.63) is 66.0 Å². The Morgan fingerprint density at radius 1 is 1.07 bits per heavy atom. The molecule has 0 bridgehead atoms. The monoisotopic (exact) mass is 603 g/mol. The van der Waals surface area contributed by atoms with Gasteiger partial charge in [-0.15, -0.1) is 0 Å². The van der Waals surface area contributed by atoms with Gasteiger partial charge in [0, 0.05) is 24.5 Å². The van der Waals surface area contributed by atoms with Gasteiger partial charge in [0.25, 0.3) is 5.91 Å². The summed E-state index contributed by atoms with van der Waals surface area (Å²) in [5.41, 5.74) is 0.463. The van der Waals surface area contributed by atoms with Crippen LogP contribution < -0.4 is 19.7 Å². The zero-order chi connectivity index (χ0) is 30.4. The third-order valence-electron chi connectivity index (χ3n) is 6.68. The molecule has 1 aliphatic rings. The van der Waals surface area contributed by atoms with Crippen molar-refractivity contribution in [1.82, 2.24) is 14.7 Å². The van der Waals surface area contributed by atoms with Crippen molar-refractivity contribution in [3.8, 4) is 11.5 Å². The maximum atomic E-state index is 13.6. The van der Waals surface area contributed by atoms with Gasteiger partial charge in [0.15, 0.2) is 10.8 Å². The lowest BCUT2D eigenvalue weighted by Crippen LogP contribution is -2.38. The Kier molecular flexibility index (Phi) is 9.71. The summed E-state index contributed by atoms with van der Waals surface area (Å²) in [4.78, 5) is 29.7. The first kappa shape index (κ1) is 30.8. The second kappa shape index (κ2) is 13.2. The molecule has 0 spiro atoms. The molecule has 2 heterocycles. The molecule has 3 aromatic rings. The van der Waals surface area contributed by atoms with Crippen molar-refractivity contribution in [2.45, 2.75) is 51.9 Å². The van der Waals surface area contributed by atoms with Crippen LogP contribution in [0.15, 0.2) is 54.6 Å². The number of benzene rings is 2. The number of anilines is 2. The maximum absolute atomic E-state index is 13.6. The van der Waals surface area contributed by atoms with Crippen LogP contribution in [0.3, 0.4) is 0 Å². The summed E-state index contributed by atoms with van der Waals surface area (Å²) in [6, 6.07) is 13.8. The van der Waals surface area contributed by atoms with Crippen LogP contribution in [0.4, 0.5) is 24.5 Å². The van der Waals surface area contributed by atoms with Crippen LogP contribution >= 0.6 is 12.2 Å². The molecule has 0 aliphatic carbocycles. The van der Waals surface area contributed by atoms with Crippen LogP contribution in [-0.2, 0) is 22.3 Å². The summed E-state index contributed by atoms with van der Waals surface area (Å²) in [5, 5.41) is 6.69. The SMILES string of the molecule is CCCOc1ccc(NC(=O)CC2C(=O)N(c3ccc(OC)cc3)C(=S)N2CCCn2nc(C(F)(F)F)cc2C)cc1. The highest BCUT2D eigenvalue weighted by molar-refractivity contribution is 7.80. The van der Waals surface area contributed by atoms with E-state index < -0.39 is 23.8 Å². The van der Waals surface area contributed by atoms with Gasteiger partial charge in [-0.3, -0.25) is 19.2 Å². The molecule has 1 saturated heterocycles. The Morgan fingerprint density at radius 2 is 1.74 bits per heavy atom. The van der Waals surface area contributed by atoms with Crippen molar-refractivity contribution >= 4 is 40.5 Å². The predicted octanol–water partition coefficient (Wildman–Crippen LogP) is 5.43. The Bertz CT molecular complexity index is 1410. The lowest BCUT2D eigenvalue weighted by Gasteiger charge is -2.24. The molecule has 1 unspecified atom stereocenters. The van der Waals surface area contributed by atoms with E-state index in [4.69, 9.17) is 21.7 Å². The molecule has 1 fully saturated rings. The number of ether oxygens (including phenoxy) is 2. The zero-order valence-corrected chi connectivity index (χ0v) is 24.3. The number of hydrogen-bond acceptors (Lipinski definition) is 6. The van der Waals surface area contributed by atoms with E-state index >= 15 is 0 Å². The first-order chi connectivity index (χ1) is 20.0. The molecule has 1 N–H and O–H groups in total. The third-order valence-corrected chi connectivity index (χ3v) is 7.10. The fraction of sp³-hybridized carbons (Fsp3) is 0.379. The van der Waals surface area contributed by atoms with Crippen LogP contribution in [0.5, 0.6) is 11.5 Å². The van der Waals surface area contributed by atoms with Gasteiger partial charge in [0.05, 0.1) is 25.8 Å². The van der Waals surface area contributed by atoms with Crippen molar-refractivity contribution in [1.29, 1.82) is 0 Å². The number of hydrogen-bond donors (Lipinski definition) is 1. The molecule has 0 saturated carbocycles. The van der Waals surface area contributed by atoms with Gasteiger partial charge in [-0.2, -0.15) is 18.3 Å². The van der Waals surface area contributed by atoms with Gasteiger partial charge in [-0.25, -0.2) is 0 Å². The number of nitrogens with one attached hydrogen (secondary N) is 1. The Balaban J connectivity index is 1.49. The highest BCUT2D eigenvalue weighted by atomic mass is 32.1. The standard InChI is InChI=1S/C29H32F3N5O4S/c1-4-16-41-23-10-6-20(7-11-23)33-26(38)18-24-27(39)37(21-8-12-22(40-3)13-9-21)28(42)35(24)14-5-15-36-19(2)17-25(34-36)29(30,31)32/h6-13,17,24H,4-5,14-16,18H2,1-3H3,(H,33,38). The Labute approximate surface area is 247 Å². The molecule has 4 rings (SSSR count). The molecule has 2 aromatic carbocycles. The average molecular weight is 604 g/mol. The van der Waals surface area contributed by atoms with Crippen LogP contribution in [0.2, 0.25) is 0 Å². The highest BCUT2D eigenvalue weighted by Gasteiger charge is 2.44. The molecular formula is C29H32F3N5O4S. The fourth-order valence-electron chi connectivity index (χ4n) is 4.56. The summed E-state index contributed by atoms with van der Waals surface area (Å²) < 4.78 is 51.3. The number of aromatic nitrogens is 2. The van der Waals surface area contributed by atoms with Crippen molar-refractivity contribution in [2.24, 2.45) is 0 Å². The van der Waals surface area contributed by atoms with E-state index in [1.165, 1.54) is 16.7 Å². The zero-order valence-electron chi connectivity index (χ0n) is 23.5. The van der Waals surface area contributed by atoms with E-state index in [1.807, 2.05) is 6.92 Å². The molecule has 0 radical (unpaired) electrons. The lowest BCUT2D eigenvalue weighted by atomic mass is 10.1. The highest BCUT2D eigenvalue weighted by Crippen LogP contribution is 2.30. The number of carbonyl (C=O) groups is 2. The number of halogens is 3. The maximum Gasteiger partial charge on any atom is 0.435 e. The predicted molar refractivity (Wildman–Crippen MR) is 156 cm³/mol. The fourth-order valence-corrected chi connectivity index (χ4v) is 4.98. The largest absolute Gasteiger partial charge is 0.497 e. The van der Waals surface area contributed by atoms with Crippen LogP contribution in [-0.4, -0.2) is 57.9 Å². The summed E-state index contributed by atoms with van der Waals surface area (Å²) in [6.07, 6.45) is -3.52. The summed E-state index contributed by atoms with van der Waals surface area (Å²) in [5.74, 6) is 0.515. The van der Waals surface area contributed by atoms with Crippen LogP contribution in [0.25, 0.3) is 0 Å². The van der Waals surface area contributed by atoms with E-state index in [0.29, 0.717) is 41.6 Å². The summed E-state index contributed by atoms with van der Waals surface area (Å²) >= 11 is 5.68. The molecule has 13 heteroatoms. The van der Waals surface area contributed by atoms with Gasteiger partial charge in [-0.1, -0.05) is 6.92 Å². The minimum Gasteiger partial charge on any atom is -0.497 e. The minimum absolute atomic E-state index is 0.170. The summed E-state index contributed by atoms with van der Waals surface area (Å²) in [6.45, 7) is 4.53. The number of carbonyl (C=O) groups excluding carboxylic acids is 2. The molecule has 224 valence electrons. The van der Waals surface area contributed by atoms with E-state index in [-0.39, 0.29) is 30.5 Å². The van der Waals surface area contributed by atoms with Gasteiger partial charge in [-0.05, 0) is 86.6 Å². The van der Waals surface area contributed by atoms with Gasteiger partial charge in [0.1, 0.15) is 17.5 Å². The van der Waals surface area contributed by atoms with E-state index in [0.717, 1.165) is 12.5 Å². The number of aryl methyl sites for hydroxylation is 2. The number of nitrogens with zero attached hydrogens (tertiary/aromatic N) is 4. The molecule has 2 amide bonds. The van der Waals surface area contributed by atoms with Crippen LogP contribution in [0, 0.1) is 6.92 Å². The number of methoxy groups -OCH3 is 1. The first-order valence-electron chi connectivity index (χ1n) is 13.4. The van der Waals surface area contributed by atoms with Crippen molar-refractivity contribution < 1.29 is 32.2 Å². The van der Waals surface area contributed by atoms with Crippen molar-refractivity contribution in [3.63, 3.8) is 0 Å². The quantitative estimate of drug-likeness (QED) is 0.276. The van der Waals surface area contributed by atoms with E-state index in [1.54, 1.807) is 60.4 Å². The first-order valence-corrected chi connectivity index (χ1v) is 13.9. The third kappa shape index (κ3) is 7.19. The van der Waals surface area contributed by atoms with Gasteiger partial charge in [0.2, 0.25) is 5.91 Å². The van der Waals surface area contributed by atoms with Gasteiger partial charge >= 0.3 is 6.18 Å². The second-order valence-electron chi connectivity index (χ2n) is 9.73. The normalized spacial score (nSPS) is 15.3. The minimum atomic E-state index is -4.54. The molecule has 1 atom stereocenters. The molecular weight excluding hydrogens is 571 g/mol. The summed E-state index contributed by atoms with van der Waals surface area (Å²) in [7, 11) is 1.53.